The summed E-state index contributed by atoms with van der Waals surface area (Å²) in [5.74, 6) is -0.526. The Morgan fingerprint density at radius 1 is 0.897 bits per heavy atom. The number of hydrogen-bond donors (Lipinski definition) is 4. The Morgan fingerprint density at radius 3 is 2.31 bits per heavy atom. The fourth-order valence-corrected chi connectivity index (χ4v) is 3.02. The summed E-state index contributed by atoms with van der Waals surface area (Å²) in [5, 5.41) is 39.0. The molecule has 1 aliphatic heterocycles. The second-order valence-corrected chi connectivity index (χ2v) is 6.73. The average Bonchev–Trinajstić information content (AvgIpc) is 2.76. The van der Waals surface area contributed by atoms with Crippen molar-refractivity contribution < 1.29 is 39.4 Å². The molecule has 1 saturated heterocycles. The molecular weight excluding hydrogens is 380 g/mol. The Hall–Kier alpha value is -2.33. The van der Waals surface area contributed by atoms with Gasteiger partial charge in [0.2, 0.25) is 0 Å². The van der Waals surface area contributed by atoms with Crippen molar-refractivity contribution >= 4 is 5.97 Å². The molecule has 0 aromatic heterocycles. The van der Waals surface area contributed by atoms with Crippen LogP contribution in [0, 0.1) is 0 Å². The second-order valence-electron chi connectivity index (χ2n) is 6.73. The molecule has 156 valence electrons. The fourth-order valence-electron chi connectivity index (χ4n) is 3.02. The van der Waals surface area contributed by atoms with Gasteiger partial charge in [-0.15, -0.1) is 0 Å². The number of aliphatic hydroxyl groups excluding tert-OH is 4. The minimum Gasteiger partial charge on any atom is -0.457 e. The van der Waals surface area contributed by atoms with Gasteiger partial charge >= 0.3 is 5.97 Å². The highest BCUT2D eigenvalue weighted by Crippen LogP contribution is 2.23. The lowest BCUT2D eigenvalue weighted by Crippen LogP contribution is -2.59. The molecule has 0 saturated carbocycles. The third-order valence-electron chi connectivity index (χ3n) is 4.70. The predicted octanol–water partition coefficient (Wildman–Crippen LogP) is 0.360. The number of hydrogen-bond acceptors (Lipinski definition) is 8. The van der Waals surface area contributed by atoms with E-state index in [9.17, 15) is 25.2 Å². The number of benzene rings is 2. The quantitative estimate of drug-likeness (QED) is 0.488. The van der Waals surface area contributed by atoms with E-state index in [2.05, 4.69) is 0 Å². The van der Waals surface area contributed by atoms with Crippen LogP contribution in [-0.2, 0) is 27.4 Å². The van der Waals surface area contributed by atoms with E-state index in [0.29, 0.717) is 11.1 Å². The Balaban J connectivity index is 1.63. The molecule has 2 aromatic carbocycles. The number of aliphatic hydroxyl groups is 4. The zero-order valence-electron chi connectivity index (χ0n) is 15.6. The molecule has 0 amide bonds. The Labute approximate surface area is 167 Å². The molecule has 1 heterocycles. The smallest absolute Gasteiger partial charge is 0.338 e. The van der Waals surface area contributed by atoms with Gasteiger partial charge in [0.1, 0.15) is 31.0 Å². The van der Waals surface area contributed by atoms with Crippen molar-refractivity contribution in [1.82, 2.24) is 0 Å². The first-order chi connectivity index (χ1) is 14.0. The first-order valence-electron chi connectivity index (χ1n) is 9.22. The van der Waals surface area contributed by atoms with E-state index in [0.717, 1.165) is 5.56 Å². The Bertz CT molecular complexity index is 794. The number of esters is 1. The number of rotatable bonds is 7. The Morgan fingerprint density at radius 2 is 1.59 bits per heavy atom. The van der Waals surface area contributed by atoms with Gasteiger partial charge in [0.25, 0.3) is 0 Å². The molecule has 4 N–H and O–H groups in total. The van der Waals surface area contributed by atoms with E-state index in [4.69, 9.17) is 14.2 Å². The van der Waals surface area contributed by atoms with Crippen LogP contribution in [0.1, 0.15) is 21.5 Å². The maximum atomic E-state index is 12.5. The van der Waals surface area contributed by atoms with Gasteiger partial charge in [-0.25, -0.2) is 4.79 Å². The van der Waals surface area contributed by atoms with Gasteiger partial charge in [0.15, 0.2) is 6.29 Å². The van der Waals surface area contributed by atoms with Gasteiger partial charge in [0.05, 0.1) is 18.8 Å². The normalized spacial score (nSPS) is 26.8. The monoisotopic (exact) mass is 404 g/mol. The minimum atomic E-state index is -1.53. The molecule has 5 atom stereocenters. The minimum absolute atomic E-state index is 0.112. The molecule has 0 aliphatic carbocycles. The average molecular weight is 404 g/mol. The van der Waals surface area contributed by atoms with E-state index < -0.39 is 43.3 Å². The fraction of sp³-hybridized carbons (Fsp3) is 0.381. The molecule has 29 heavy (non-hydrogen) atoms. The third kappa shape index (κ3) is 5.18. The Kier molecular flexibility index (Phi) is 7.32. The molecule has 2 aromatic rings. The predicted molar refractivity (Wildman–Crippen MR) is 101 cm³/mol. The van der Waals surface area contributed by atoms with Crippen LogP contribution < -0.4 is 0 Å². The highest BCUT2D eigenvalue weighted by molar-refractivity contribution is 5.91. The van der Waals surface area contributed by atoms with Crippen LogP contribution in [-0.4, -0.2) is 63.7 Å². The molecule has 0 bridgehead atoms. The third-order valence-corrected chi connectivity index (χ3v) is 4.70. The van der Waals surface area contributed by atoms with Gasteiger partial charge < -0.3 is 34.6 Å². The maximum absolute atomic E-state index is 12.5. The van der Waals surface area contributed by atoms with Crippen molar-refractivity contribution in [2.75, 3.05) is 6.61 Å². The van der Waals surface area contributed by atoms with Crippen molar-refractivity contribution in [3.63, 3.8) is 0 Å². The molecular formula is C21H24O8. The van der Waals surface area contributed by atoms with Gasteiger partial charge in [0, 0.05) is 0 Å². The van der Waals surface area contributed by atoms with E-state index in [1.807, 2.05) is 30.3 Å². The van der Waals surface area contributed by atoms with Crippen LogP contribution in [0.5, 0.6) is 0 Å². The SMILES string of the molecule is O=C(OCc1ccccc1)c1ccccc1CO[C@H]1O[C@H](CO)[C@@H](O)[C@H](O)[C@@H]1O. The molecule has 0 radical (unpaired) electrons. The molecule has 8 nitrogen and oxygen atoms in total. The summed E-state index contributed by atoms with van der Waals surface area (Å²) >= 11 is 0. The molecule has 1 aliphatic rings. The first-order valence-corrected chi connectivity index (χ1v) is 9.22. The van der Waals surface area contributed by atoms with Crippen LogP contribution in [0.4, 0.5) is 0 Å². The lowest BCUT2D eigenvalue weighted by molar-refractivity contribution is -0.304. The summed E-state index contributed by atoms with van der Waals surface area (Å²) in [6, 6.07) is 16.0. The van der Waals surface area contributed by atoms with E-state index >= 15 is 0 Å². The van der Waals surface area contributed by atoms with E-state index in [-0.39, 0.29) is 13.2 Å². The van der Waals surface area contributed by atoms with E-state index in [1.54, 1.807) is 24.3 Å². The van der Waals surface area contributed by atoms with Crippen LogP contribution in [0.3, 0.4) is 0 Å². The maximum Gasteiger partial charge on any atom is 0.338 e. The standard InChI is InChI=1S/C21H24O8/c22-10-16-17(23)18(24)19(25)21(29-16)28-12-14-8-4-5-9-15(14)20(26)27-11-13-6-2-1-3-7-13/h1-9,16-19,21-25H,10-12H2/t16-,17-,18+,19+,21+/m1/s1. The lowest BCUT2D eigenvalue weighted by atomic mass is 9.99. The summed E-state index contributed by atoms with van der Waals surface area (Å²) < 4.78 is 16.2. The molecule has 0 spiro atoms. The largest absolute Gasteiger partial charge is 0.457 e. The number of carbonyl (C=O) groups is 1. The zero-order chi connectivity index (χ0) is 20.8. The van der Waals surface area contributed by atoms with Crippen LogP contribution in [0.2, 0.25) is 0 Å². The second kappa shape index (κ2) is 9.93. The van der Waals surface area contributed by atoms with Crippen molar-refractivity contribution in [3.05, 3.63) is 71.3 Å². The number of ether oxygens (including phenoxy) is 3. The first kappa shape index (κ1) is 21.4. The lowest BCUT2D eigenvalue weighted by Gasteiger charge is -2.39. The van der Waals surface area contributed by atoms with E-state index in [1.165, 1.54) is 0 Å². The summed E-state index contributed by atoms with van der Waals surface area (Å²) in [7, 11) is 0. The topological polar surface area (TPSA) is 126 Å². The van der Waals surface area contributed by atoms with Crippen LogP contribution >= 0.6 is 0 Å². The van der Waals surface area contributed by atoms with Crippen molar-refractivity contribution in [3.8, 4) is 0 Å². The highest BCUT2D eigenvalue weighted by Gasteiger charge is 2.44. The summed E-state index contributed by atoms with van der Waals surface area (Å²) in [5.41, 5.74) is 1.66. The summed E-state index contributed by atoms with van der Waals surface area (Å²) in [6.45, 7) is -0.534. The molecule has 8 heteroatoms. The molecule has 3 rings (SSSR count). The van der Waals surface area contributed by atoms with Crippen LogP contribution in [0.15, 0.2) is 54.6 Å². The molecule has 0 unspecified atom stereocenters. The van der Waals surface area contributed by atoms with Gasteiger partial charge in [-0.05, 0) is 17.2 Å². The van der Waals surface area contributed by atoms with Gasteiger partial charge in [-0.2, -0.15) is 0 Å². The zero-order valence-corrected chi connectivity index (χ0v) is 15.6. The van der Waals surface area contributed by atoms with Crippen molar-refractivity contribution in [1.29, 1.82) is 0 Å². The van der Waals surface area contributed by atoms with Crippen molar-refractivity contribution in [2.24, 2.45) is 0 Å². The van der Waals surface area contributed by atoms with Gasteiger partial charge in [-0.3, -0.25) is 0 Å². The number of carbonyl (C=O) groups excluding carboxylic acids is 1. The van der Waals surface area contributed by atoms with Crippen molar-refractivity contribution in [2.45, 2.75) is 43.9 Å². The van der Waals surface area contributed by atoms with Gasteiger partial charge in [-0.1, -0.05) is 48.5 Å². The summed E-state index contributed by atoms with van der Waals surface area (Å²) in [6.07, 6.45) is -6.85. The molecule has 1 fully saturated rings. The highest BCUT2D eigenvalue weighted by atomic mass is 16.7. The van der Waals surface area contributed by atoms with Crippen LogP contribution in [0.25, 0.3) is 0 Å². The summed E-state index contributed by atoms with van der Waals surface area (Å²) in [4.78, 5) is 12.5.